The predicted molar refractivity (Wildman–Crippen MR) is 111 cm³/mol. The summed E-state index contributed by atoms with van der Waals surface area (Å²) < 4.78 is 25.9. The number of hydrogen-bond acceptors (Lipinski definition) is 5. The molecular formula is C20H22N4O4S. The van der Waals surface area contributed by atoms with Crippen molar-refractivity contribution in [2.45, 2.75) is 11.3 Å². The highest BCUT2D eigenvalue weighted by atomic mass is 32.2. The maximum absolute atomic E-state index is 13.0. The lowest BCUT2D eigenvalue weighted by Gasteiger charge is -2.31. The van der Waals surface area contributed by atoms with E-state index in [-0.39, 0.29) is 29.8 Å². The van der Waals surface area contributed by atoms with Crippen molar-refractivity contribution in [1.29, 1.82) is 0 Å². The molecule has 9 heteroatoms. The topological polar surface area (TPSA) is 90.0 Å². The van der Waals surface area contributed by atoms with Gasteiger partial charge in [-0.05, 0) is 42.3 Å². The van der Waals surface area contributed by atoms with Crippen LogP contribution in [0.5, 0.6) is 0 Å². The Morgan fingerprint density at radius 3 is 2.66 bits per heavy atom. The Labute approximate surface area is 169 Å². The zero-order valence-electron chi connectivity index (χ0n) is 16.3. The summed E-state index contributed by atoms with van der Waals surface area (Å²) >= 11 is 0. The second-order valence-corrected chi connectivity index (χ2v) is 9.45. The Morgan fingerprint density at radius 2 is 1.90 bits per heavy atom. The van der Waals surface area contributed by atoms with E-state index in [0.29, 0.717) is 24.3 Å². The van der Waals surface area contributed by atoms with Gasteiger partial charge in [-0.25, -0.2) is 12.7 Å². The number of para-hydroxylation sites is 2. The van der Waals surface area contributed by atoms with Crippen molar-refractivity contribution in [1.82, 2.24) is 4.31 Å². The Balaban J connectivity index is 1.56. The standard InChI is InChI=1S/C20H22N4O4S/c1-22(2)29(27,28)15-7-8-17-14(11-15)9-10-23(17)13-20(26)24-12-19(25)21-16-5-3-4-6-18(16)24/h3-8,11H,9-10,12-13H2,1-2H3,(H,21,25). The van der Waals surface area contributed by atoms with Crippen LogP contribution in [0.25, 0.3) is 0 Å². The number of sulfonamides is 1. The lowest BCUT2D eigenvalue weighted by Crippen LogP contribution is -2.46. The molecule has 2 heterocycles. The van der Waals surface area contributed by atoms with Crippen molar-refractivity contribution < 1.29 is 18.0 Å². The molecule has 2 aliphatic rings. The van der Waals surface area contributed by atoms with E-state index in [9.17, 15) is 18.0 Å². The number of nitrogens with zero attached hydrogens (tertiary/aromatic N) is 3. The van der Waals surface area contributed by atoms with Gasteiger partial charge in [0.2, 0.25) is 21.8 Å². The molecule has 0 bridgehead atoms. The molecule has 8 nitrogen and oxygen atoms in total. The molecule has 0 saturated heterocycles. The van der Waals surface area contributed by atoms with Crippen molar-refractivity contribution in [3.8, 4) is 0 Å². The van der Waals surface area contributed by atoms with Gasteiger partial charge in [0.1, 0.15) is 6.54 Å². The first-order valence-corrected chi connectivity index (χ1v) is 10.7. The Morgan fingerprint density at radius 1 is 1.14 bits per heavy atom. The number of carbonyl (C=O) groups excluding carboxylic acids is 2. The van der Waals surface area contributed by atoms with Crippen LogP contribution >= 0.6 is 0 Å². The number of hydrogen-bond donors (Lipinski definition) is 1. The highest BCUT2D eigenvalue weighted by Gasteiger charge is 2.30. The second kappa shape index (κ2) is 7.16. The van der Waals surface area contributed by atoms with E-state index < -0.39 is 10.0 Å². The average molecular weight is 414 g/mol. The molecule has 4 rings (SSSR count). The monoisotopic (exact) mass is 414 g/mol. The fourth-order valence-electron chi connectivity index (χ4n) is 3.69. The molecule has 29 heavy (non-hydrogen) atoms. The van der Waals surface area contributed by atoms with E-state index in [1.165, 1.54) is 23.3 Å². The van der Waals surface area contributed by atoms with Crippen LogP contribution in [0.15, 0.2) is 47.4 Å². The molecular weight excluding hydrogens is 392 g/mol. The van der Waals surface area contributed by atoms with Gasteiger partial charge in [0.05, 0.1) is 22.8 Å². The fourth-order valence-corrected chi connectivity index (χ4v) is 4.64. The van der Waals surface area contributed by atoms with Gasteiger partial charge in [0.25, 0.3) is 0 Å². The first-order valence-electron chi connectivity index (χ1n) is 9.27. The van der Waals surface area contributed by atoms with Crippen molar-refractivity contribution >= 4 is 38.9 Å². The van der Waals surface area contributed by atoms with Gasteiger partial charge >= 0.3 is 0 Å². The number of benzene rings is 2. The molecule has 0 spiro atoms. The van der Waals surface area contributed by atoms with Crippen LogP contribution in [-0.4, -0.2) is 58.3 Å². The lowest BCUT2D eigenvalue weighted by atomic mass is 10.1. The predicted octanol–water partition coefficient (Wildman–Crippen LogP) is 1.28. The smallest absolute Gasteiger partial charge is 0.247 e. The number of carbonyl (C=O) groups is 2. The zero-order valence-corrected chi connectivity index (χ0v) is 17.1. The van der Waals surface area contributed by atoms with E-state index in [2.05, 4.69) is 5.32 Å². The van der Waals surface area contributed by atoms with Crippen LogP contribution in [0, 0.1) is 0 Å². The Bertz CT molecular complexity index is 1100. The quantitative estimate of drug-likeness (QED) is 0.814. The number of rotatable bonds is 4. The maximum Gasteiger partial charge on any atom is 0.247 e. The third kappa shape index (κ3) is 3.47. The van der Waals surface area contributed by atoms with Crippen LogP contribution in [-0.2, 0) is 26.0 Å². The highest BCUT2D eigenvalue weighted by Crippen LogP contribution is 2.32. The summed E-state index contributed by atoms with van der Waals surface area (Å²) in [5.41, 5.74) is 3.06. The van der Waals surface area contributed by atoms with E-state index >= 15 is 0 Å². The molecule has 2 aromatic rings. The summed E-state index contributed by atoms with van der Waals surface area (Å²) in [4.78, 5) is 28.6. The largest absolute Gasteiger partial charge is 0.362 e. The SMILES string of the molecule is CN(C)S(=O)(=O)c1ccc2c(c1)CCN2CC(=O)N1CC(=O)Nc2ccccc21. The van der Waals surface area contributed by atoms with Crippen LogP contribution < -0.4 is 15.1 Å². The van der Waals surface area contributed by atoms with Gasteiger partial charge in [0, 0.05) is 26.3 Å². The summed E-state index contributed by atoms with van der Waals surface area (Å²) in [5, 5.41) is 2.78. The average Bonchev–Trinajstić information content (AvgIpc) is 3.09. The normalized spacial score (nSPS) is 15.9. The summed E-state index contributed by atoms with van der Waals surface area (Å²) in [5.74, 6) is -0.400. The first kappa shape index (κ1) is 19.4. The molecule has 2 amide bonds. The highest BCUT2D eigenvalue weighted by molar-refractivity contribution is 7.89. The number of fused-ring (bicyclic) bond motifs is 2. The Kier molecular flexibility index (Phi) is 4.79. The molecule has 152 valence electrons. The van der Waals surface area contributed by atoms with Gasteiger partial charge in [-0.3, -0.25) is 14.5 Å². The number of nitrogens with one attached hydrogen (secondary N) is 1. The van der Waals surface area contributed by atoms with Crippen LogP contribution in [0.2, 0.25) is 0 Å². The van der Waals surface area contributed by atoms with E-state index in [4.69, 9.17) is 0 Å². The van der Waals surface area contributed by atoms with Crippen molar-refractivity contribution in [2.75, 3.05) is 48.8 Å². The summed E-state index contributed by atoms with van der Waals surface area (Å²) in [6.45, 7) is 0.721. The molecule has 0 atom stereocenters. The summed E-state index contributed by atoms with van der Waals surface area (Å²) in [7, 11) is -0.500. The molecule has 0 aromatic heterocycles. The minimum absolute atomic E-state index is 0.0173. The van der Waals surface area contributed by atoms with Gasteiger partial charge in [0.15, 0.2) is 0 Å². The van der Waals surface area contributed by atoms with Gasteiger partial charge in [-0.1, -0.05) is 12.1 Å². The van der Waals surface area contributed by atoms with Crippen LogP contribution in [0.4, 0.5) is 17.1 Å². The molecule has 2 aliphatic heterocycles. The molecule has 1 N–H and O–H groups in total. The molecule has 2 aromatic carbocycles. The van der Waals surface area contributed by atoms with Crippen LogP contribution in [0.3, 0.4) is 0 Å². The van der Waals surface area contributed by atoms with Gasteiger partial charge < -0.3 is 10.2 Å². The maximum atomic E-state index is 13.0. The van der Waals surface area contributed by atoms with Crippen molar-refractivity contribution in [3.05, 3.63) is 48.0 Å². The third-order valence-electron chi connectivity index (χ3n) is 5.22. The van der Waals surface area contributed by atoms with Gasteiger partial charge in [-0.2, -0.15) is 0 Å². The molecule has 0 unspecified atom stereocenters. The molecule has 0 aliphatic carbocycles. The van der Waals surface area contributed by atoms with E-state index in [0.717, 1.165) is 11.3 Å². The Hall–Kier alpha value is -2.91. The number of anilines is 3. The molecule has 0 saturated carbocycles. The summed E-state index contributed by atoms with van der Waals surface area (Å²) in [6, 6.07) is 12.2. The first-order chi connectivity index (χ1) is 13.8. The minimum atomic E-state index is -3.50. The van der Waals surface area contributed by atoms with E-state index in [1.54, 1.807) is 24.3 Å². The van der Waals surface area contributed by atoms with E-state index in [1.807, 2.05) is 23.1 Å². The minimum Gasteiger partial charge on any atom is -0.362 e. The third-order valence-corrected chi connectivity index (χ3v) is 7.03. The fraction of sp³-hybridized carbons (Fsp3) is 0.300. The molecule has 0 fully saturated rings. The summed E-state index contributed by atoms with van der Waals surface area (Å²) in [6.07, 6.45) is 0.663. The van der Waals surface area contributed by atoms with Crippen LogP contribution in [0.1, 0.15) is 5.56 Å². The van der Waals surface area contributed by atoms with Gasteiger partial charge in [-0.15, -0.1) is 0 Å². The second-order valence-electron chi connectivity index (χ2n) is 7.29. The molecule has 0 radical (unpaired) electrons. The van der Waals surface area contributed by atoms with Crippen molar-refractivity contribution in [3.63, 3.8) is 0 Å². The number of amides is 2. The van der Waals surface area contributed by atoms with Crippen molar-refractivity contribution in [2.24, 2.45) is 0 Å². The lowest BCUT2D eigenvalue weighted by molar-refractivity contribution is -0.121. The zero-order chi connectivity index (χ0) is 20.8.